The van der Waals surface area contributed by atoms with Gasteiger partial charge in [-0.15, -0.1) is 0 Å². The maximum atomic E-state index is 4.50. The van der Waals surface area contributed by atoms with Gasteiger partial charge in [0, 0.05) is 5.25 Å². The van der Waals surface area contributed by atoms with Gasteiger partial charge in [-0.3, -0.25) is 0 Å². The fourth-order valence-electron chi connectivity index (χ4n) is 1.12. The van der Waals surface area contributed by atoms with E-state index in [-0.39, 0.29) is 0 Å². The predicted octanol–water partition coefficient (Wildman–Crippen LogP) is 1.87. The van der Waals surface area contributed by atoms with E-state index in [2.05, 4.69) is 12.0 Å². The van der Waals surface area contributed by atoms with Gasteiger partial charge in [0.1, 0.15) is 0 Å². The number of hydrogen-bond donors (Lipinski definition) is 1. The van der Waals surface area contributed by atoms with E-state index in [0.717, 1.165) is 5.25 Å². The average Bonchev–Trinajstić information content (AvgIpc) is 2.43. The minimum absolute atomic E-state index is 1.01. The van der Waals surface area contributed by atoms with Gasteiger partial charge in [0.15, 0.2) is 0 Å². The Kier molecular flexibility index (Phi) is 6.65. The molecular weight excluding hydrogens is 130 g/mol. The van der Waals surface area contributed by atoms with E-state index in [0.29, 0.717) is 0 Å². The molecule has 0 aromatic heterocycles. The Morgan fingerprint density at radius 1 is 1.22 bits per heavy atom. The van der Waals surface area contributed by atoms with Crippen molar-refractivity contribution in [3.8, 4) is 0 Å². The Balaban J connectivity index is 0.000000291. The van der Waals surface area contributed by atoms with Crippen LogP contribution in [0.2, 0.25) is 0 Å². The van der Waals surface area contributed by atoms with Gasteiger partial charge in [0.25, 0.3) is 0 Å². The highest BCUT2D eigenvalue weighted by molar-refractivity contribution is 7.99. The van der Waals surface area contributed by atoms with Gasteiger partial charge < -0.3 is 5.73 Å². The zero-order valence-electron chi connectivity index (χ0n) is 6.39. The van der Waals surface area contributed by atoms with Crippen LogP contribution in [-0.2, 0) is 0 Å². The molecule has 1 aliphatic rings. The molecule has 0 aliphatic heterocycles. The maximum absolute atomic E-state index is 4.50. The summed E-state index contributed by atoms with van der Waals surface area (Å²) in [7, 11) is 1.50. The summed E-state index contributed by atoms with van der Waals surface area (Å²) in [4.78, 5) is 0. The molecule has 0 aromatic carbocycles. The first kappa shape index (κ1) is 9.31. The van der Waals surface area contributed by atoms with Crippen LogP contribution in [0.1, 0.15) is 25.7 Å². The molecular formula is C7H17NS. The van der Waals surface area contributed by atoms with Crippen LogP contribution in [-0.4, -0.2) is 18.6 Å². The largest absolute Gasteiger partial charge is 0.333 e. The summed E-state index contributed by atoms with van der Waals surface area (Å²) >= 11 is 2.03. The molecule has 0 saturated heterocycles. The molecule has 1 saturated carbocycles. The summed E-state index contributed by atoms with van der Waals surface area (Å²) in [6.45, 7) is 0. The molecule has 0 heterocycles. The lowest BCUT2D eigenvalue weighted by Gasteiger charge is -1.99. The maximum Gasteiger partial charge on any atom is 0.00442 e. The molecule has 9 heavy (non-hydrogen) atoms. The first-order chi connectivity index (χ1) is 4.43. The van der Waals surface area contributed by atoms with Gasteiger partial charge >= 0.3 is 0 Å². The third kappa shape index (κ3) is 3.82. The lowest BCUT2D eigenvalue weighted by molar-refractivity contribution is 0.886. The van der Waals surface area contributed by atoms with Gasteiger partial charge in [0.2, 0.25) is 0 Å². The number of rotatable bonds is 1. The molecule has 0 amide bonds. The first-order valence-corrected chi connectivity index (χ1v) is 4.83. The molecule has 0 aromatic rings. The zero-order chi connectivity index (χ0) is 7.11. The highest BCUT2D eigenvalue weighted by Crippen LogP contribution is 2.26. The quantitative estimate of drug-likeness (QED) is 0.612. The molecule has 1 aliphatic carbocycles. The Morgan fingerprint density at radius 2 is 1.67 bits per heavy atom. The van der Waals surface area contributed by atoms with Crippen molar-refractivity contribution in [3.05, 3.63) is 0 Å². The Morgan fingerprint density at radius 3 is 1.89 bits per heavy atom. The smallest absolute Gasteiger partial charge is 0.00442 e. The fraction of sp³-hybridized carbons (Fsp3) is 1.00. The van der Waals surface area contributed by atoms with E-state index in [1.165, 1.54) is 32.7 Å². The Labute approximate surface area is 62.4 Å². The molecule has 1 fully saturated rings. The Bertz CT molecular complexity index is 50.9. The van der Waals surface area contributed by atoms with E-state index in [9.17, 15) is 0 Å². The minimum Gasteiger partial charge on any atom is -0.333 e. The van der Waals surface area contributed by atoms with Crippen LogP contribution in [0.3, 0.4) is 0 Å². The summed E-state index contributed by atoms with van der Waals surface area (Å²) in [5, 5.41) is 1.01. The molecule has 0 spiro atoms. The van der Waals surface area contributed by atoms with Crippen molar-refractivity contribution in [2.24, 2.45) is 5.73 Å². The summed E-state index contributed by atoms with van der Waals surface area (Å²) in [6.07, 6.45) is 8.12. The second-order valence-electron chi connectivity index (χ2n) is 2.14. The number of hydrogen-bond acceptors (Lipinski definition) is 2. The molecule has 2 N–H and O–H groups in total. The standard InChI is InChI=1S/C6H12S.CH5N/c1-7-6-4-2-3-5-6;1-2/h6H,2-5H2,1H3;2H2,1H3. The highest BCUT2D eigenvalue weighted by atomic mass is 32.2. The van der Waals surface area contributed by atoms with Crippen molar-refractivity contribution in [1.29, 1.82) is 0 Å². The third-order valence-corrected chi connectivity index (χ3v) is 2.77. The van der Waals surface area contributed by atoms with E-state index < -0.39 is 0 Å². The first-order valence-electron chi connectivity index (χ1n) is 3.54. The van der Waals surface area contributed by atoms with Crippen LogP contribution in [0.5, 0.6) is 0 Å². The van der Waals surface area contributed by atoms with Crippen LogP contribution in [0.4, 0.5) is 0 Å². The number of nitrogens with two attached hydrogens (primary N) is 1. The molecule has 56 valence electrons. The van der Waals surface area contributed by atoms with Gasteiger partial charge in [0.05, 0.1) is 0 Å². The molecule has 0 radical (unpaired) electrons. The van der Waals surface area contributed by atoms with Crippen LogP contribution in [0.15, 0.2) is 0 Å². The van der Waals surface area contributed by atoms with Crippen LogP contribution in [0, 0.1) is 0 Å². The molecule has 1 nitrogen and oxygen atoms in total. The summed E-state index contributed by atoms with van der Waals surface area (Å²) < 4.78 is 0. The summed E-state index contributed by atoms with van der Waals surface area (Å²) in [5.74, 6) is 0. The summed E-state index contributed by atoms with van der Waals surface area (Å²) in [6, 6.07) is 0. The minimum atomic E-state index is 1.01. The number of thioether (sulfide) groups is 1. The second kappa shape index (κ2) is 6.43. The van der Waals surface area contributed by atoms with E-state index in [1.807, 2.05) is 11.8 Å². The lowest BCUT2D eigenvalue weighted by Crippen LogP contribution is -1.89. The van der Waals surface area contributed by atoms with Gasteiger partial charge in [-0.05, 0) is 26.1 Å². The monoisotopic (exact) mass is 147 g/mol. The average molecular weight is 147 g/mol. The topological polar surface area (TPSA) is 26.0 Å². The van der Waals surface area contributed by atoms with Crippen molar-refractivity contribution < 1.29 is 0 Å². The van der Waals surface area contributed by atoms with Crippen molar-refractivity contribution in [2.75, 3.05) is 13.3 Å². The van der Waals surface area contributed by atoms with Crippen molar-refractivity contribution in [1.82, 2.24) is 0 Å². The third-order valence-electron chi connectivity index (χ3n) is 1.64. The van der Waals surface area contributed by atoms with E-state index in [1.54, 1.807) is 0 Å². The molecule has 1 rings (SSSR count). The van der Waals surface area contributed by atoms with Crippen LogP contribution < -0.4 is 5.73 Å². The molecule has 2 heteroatoms. The van der Waals surface area contributed by atoms with Gasteiger partial charge in [-0.25, -0.2) is 0 Å². The SMILES string of the molecule is CN.CSC1CCCC1. The van der Waals surface area contributed by atoms with Crippen molar-refractivity contribution >= 4 is 11.8 Å². The van der Waals surface area contributed by atoms with Gasteiger partial charge in [-0.1, -0.05) is 12.8 Å². The molecule has 0 bridgehead atoms. The van der Waals surface area contributed by atoms with E-state index in [4.69, 9.17) is 0 Å². The van der Waals surface area contributed by atoms with Crippen molar-refractivity contribution in [2.45, 2.75) is 30.9 Å². The lowest BCUT2D eigenvalue weighted by atomic mass is 10.4. The Hall–Kier alpha value is 0.310. The summed E-state index contributed by atoms with van der Waals surface area (Å²) in [5.41, 5.74) is 4.50. The highest BCUT2D eigenvalue weighted by Gasteiger charge is 2.11. The zero-order valence-corrected chi connectivity index (χ0v) is 7.21. The van der Waals surface area contributed by atoms with Crippen LogP contribution >= 0.6 is 11.8 Å². The van der Waals surface area contributed by atoms with Crippen molar-refractivity contribution in [3.63, 3.8) is 0 Å². The van der Waals surface area contributed by atoms with Crippen LogP contribution in [0.25, 0.3) is 0 Å². The van der Waals surface area contributed by atoms with E-state index >= 15 is 0 Å². The second-order valence-corrected chi connectivity index (χ2v) is 3.28. The predicted molar refractivity (Wildman–Crippen MR) is 45.9 cm³/mol. The van der Waals surface area contributed by atoms with Gasteiger partial charge in [-0.2, -0.15) is 11.8 Å². The molecule has 0 unspecified atom stereocenters. The fourth-order valence-corrected chi connectivity index (χ4v) is 1.93. The molecule has 0 atom stereocenters. The normalized spacial score (nSPS) is 19.0.